The number of anilines is 1. The van der Waals surface area contributed by atoms with Crippen LogP contribution in [0.4, 0.5) is 5.69 Å². The van der Waals surface area contributed by atoms with Crippen molar-refractivity contribution in [3.8, 4) is 0 Å². The molecule has 0 fully saturated rings. The van der Waals surface area contributed by atoms with Gasteiger partial charge in [-0.05, 0) is 34.5 Å². The third-order valence-electron chi connectivity index (χ3n) is 2.11. The van der Waals surface area contributed by atoms with Crippen LogP contribution in [0.15, 0.2) is 27.9 Å². The van der Waals surface area contributed by atoms with Crippen molar-refractivity contribution in [2.75, 3.05) is 5.32 Å². The number of nitrogens with one attached hydrogen (secondary N) is 3. The lowest BCUT2D eigenvalue weighted by atomic mass is 10.3. The minimum atomic E-state index is -0.416. The highest BCUT2D eigenvalue weighted by molar-refractivity contribution is 9.10. The molecule has 17 heavy (non-hydrogen) atoms. The van der Waals surface area contributed by atoms with Crippen LogP contribution >= 0.6 is 15.9 Å². The summed E-state index contributed by atoms with van der Waals surface area (Å²) in [4.78, 5) is 31.3. The van der Waals surface area contributed by atoms with Crippen molar-refractivity contribution in [3.05, 3.63) is 44.8 Å². The maximum Gasteiger partial charge on any atom is 0.323 e. The Bertz CT molecular complexity index is 617. The van der Waals surface area contributed by atoms with Gasteiger partial charge in [0, 0.05) is 6.20 Å². The lowest BCUT2D eigenvalue weighted by molar-refractivity contribution is 0.102. The van der Waals surface area contributed by atoms with E-state index in [1.54, 1.807) is 6.07 Å². The molecule has 2 aromatic rings. The Hall–Kier alpha value is -1.89. The summed E-state index contributed by atoms with van der Waals surface area (Å²) in [7, 11) is 0. The van der Waals surface area contributed by atoms with Crippen LogP contribution in [0, 0.1) is 6.92 Å². The molecule has 0 spiro atoms. The van der Waals surface area contributed by atoms with Crippen LogP contribution in [-0.4, -0.2) is 20.9 Å². The number of carbonyl (C=O) groups excluding carboxylic acids is 1. The van der Waals surface area contributed by atoms with E-state index in [2.05, 4.69) is 36.2 Å². The Morgan fingerprint density at radius 3 is 2.88 bits per heavy atom. The first-order valence-corrected chi connectivity index (χ1v) is 5.57. The first kappa shape index (κ1) is 11.6. The van der Waals surface area contributed by atoms with Gasteiger partial charge in [0.2, 0.25) is 0 Å². The summed E-state index contributed by atoms with van der Waals surface area (Å²) >= 11 is 3.27. The summed E-state index contributed by atoms with van der Waals surface area (Å²) in [6.07, 6.45) is 2.84. The lowest BCUT2D eigenvalue weighted by Crippen LogP contribution is -2.14. The molecule has 0 saturated carbocycles. The fourth-order valence-electron chi connectivity index (χ4n) is 1.28. The normalized spacial score (nSPS) is 10.2. The minimum absolute atomic E-state index is 0.176. The summed E-state index contributed by atoms with van der Waals surface area (Å²) < 4.78 is 0.727. The van der Waals surface area contributed by atoms with Crippen molar-refractivity contribution < 1.29 is 4.79 Å². The van der Waals surface area contributed by atoms with Crippen LogP contribution in [0.3, 0.4) is 0 Å². The molecule has 2 rings (SSSR count). The van der Waals surface area contributed by atoms with Gasteiger partial charge in [0.05, 0.1) is 11.9 Å². The van der Waals surface area contributed by atoms with Crippen molar-refractivity contribution in [1.29, 1.82) is 0 Å². The van der Waals surface area contributed by atoms with E-state index < -0.39 is 11.6 Å². The maximum absolute atomic E-state index is 11.7. The average Bonchev–Trinajstić information content (AvgIpc) is 2.70. The second-order valence-electron chi connectivity index (χ2n) is 3.44. The van der Waals surface area contributed by atoms with Crippen LogP contribution in [0.1, 0.15) is 16.1 Å². The number of aryl methyl sites for hydroxylation is 1. The number of halogens is 1. The maximum atomic E-state index is 11.7. The molecule has 7 heteroatoms. The van der Waals surface area contributed by atoms with Crippen molar-refractivity contribution in [1.82, 2.24) is 15.0 Å². The molecule has 0 radical (unpaired) electrons. The number of imidazole rings is 1. The van der Waals surface area contributed by atoms with E-state index in [0.717, 1.165) is 10.2 Å². The highest BCUT2D eigenvalue weighted by Crippen LogP contribution is 2.16. The quantitative estimate of drug-likeness (QED) is 0.732. The first-order chi connectivity index (χ1) is 8.06. The molecular formula is C10H9BrN4O2. The predicted octanol–water partition coefficient (Wildman–Crippen LogP) is 1.42. The van der Waals surface area contributed by atoms with Crippen LogP contribution in [0.5, 0.6) is 0 Å². The molecule has 88 valence electrons. The number of hydrogen-bond acceptors (Lipinski definition) is 3. The highest BCUT2D eigenvalue weighted by Gasteiger charge is 2.08. The third kappa shape index (κ3) is 2.62. The van der Waals surface area contributed by atoms with Gasteiger partial charge in [-0.15, -0.1) is 0 Å². The SMILES string of the molecule is Cc1cc(NC(=O)c2c[nH]c(=O)[nH]2)cnc1Br. The monoisotopic (exact) mass is 296 g/mol. The van der Waals surface area contributed by atoms with E-state index in [1.807, 2.05) is 6.92 Å². The molecule has 0 aliphatic carbocycles. The predicted molar refractivity (Wildman–Crippen MR) is 66.0 cm³/mol. The van der Waals surface area contributed by atoms with Crippen LogP contribution in [-0.2, 0) is 0 Å². The van der Waals surface area contributed by atoms with Gasteiger partial charge in [-0.1, -0.05) is 0 Å². The number of nitrogens with zero attached hydrogens (tertiary/aromatic N) is 1. The van der Waals surface area contributed by atoms with E-state index in [-0.39, 0.29) is 5.69 Å². The molecule has 1 amide bonds. The number of carbonyl (C=O) groups is 1. The summed E-state index contributed by atoms with van der Waals surface area (Å²) in [6.45, 7) is 1.87. The van der Waals surface area contributed by atoms with E-state index in [9.17, 15) is 9.59 Å². The molecule has 2 aromatic heterocycles. The van der Waals surface area contributed by atoms with Gasteiger partial charge < -0.3 is 15.3 Å². The number of hydrogen-bond donors (Lipinski definition) is 3. The molecule has 0 aromatic carbocycles. The van der Waals surface area contributed by atoms with E-state index in [4.69, 9.17) is 0 Å². The first-order valence-electron chi connectivity index (χ1n) is 4.77. The topological polar surface area (TPSA) is 90.6 Å². The molecule has 2 heterocycles. The number of aromatic amines is 2. The molecule has 0 atom stereocenters. The van der Waals surface area contributed by atoms with Crippen LogP contribution < -0.4 is 11.0 Å². The second kappa shape index (κ2) is 4.54. The average molecular weight is 297 g/mol. The zero-order valence-electron chi connectivity index (χ0n) is 8.87. The second-order valence-corrected chi connectivity index (χ2v) is 4.19. The highest BCUT2D eigenvalue weighted by atomic mass is 79.9. The Labute approximate surface area is 105 Å². The fraction of sp³-hybridized carbons (Fsp3) is 0.100. The minimum Gasteiger partial charge on any atom is -0.319 e. The molecule has 0 unspecified atom stereocenters. The smallest absolute Gasteiger partial charge is 0.319 e. The summed E-state index contributed by atoms with van der Waals surface area (Å²) in [6, 6.07) is 1.78. The van der Waals surface area contributed by atoms with Gasteiger partial charge >= 0.3 is 5.69 Å². The van der Waals surface area contributed by atoms with Gasteiger partial charge in [-0.3, -0.25) is 4.79 Å². The molecule has 0 aliphatic rings. The molecule has 0 saturated heterocycles. The molecule has 6 nitrogen and oxygen atoms in total. The third-order valence-corrected chi connectivity index (χ3v) is 2.94. The summed E-state index contributed by atoms with van der Waals surface area (Å²) in [5.74, 6) is -0.396. The van der Waals surface area contributed by atoms with Gasteiger partial charge in [0.15, 0.2) is 0 Å². The molecule has 3 N–H and O–H groups in total. The molecule has 0 bridgehead atoms. The summed E-state index contributed by atoms with van der Waals surface area (Å²) in [5.41, 5.74) is 1.24. The standard InChI is InChI=1S/C10H9BrN4O2/c1-5-2-6(3-12-8(5)11)14-9(16)7-4-13-10(17)15-7/h2-4H,1H3,(H,14,16)(H2,13,15,17). The zero-order chi connectivity index (χ0) is 12.4. The van der Waals surface area contributed by atoms with Crippen molar-refractivity contribution in [3.63, 3.8) is 0 Å². The molecular weight excluding hydrogens is 288 g/mol. The van der Waals surface area contributed by atoms with E-state index in [0.29, 0.717) is 5.69 Å². The van der Waals surface area contributed by atoms with E-state index >= 15 is 0 Å². The Morgan fingerprint density at radius 1 is 1.53 bits per heavy atom. The van der Waals surface area contributed by atoms with E-state index in [1.165, 1.54) is 12.4 Å². The number of H-pyrrole nitrogens is 2. The Kier molecular flexibility index (Phi) is 3.10. The van der Waals surface area contributed by atoms with Gasteiger partial charge in [0.1, 0.15) is 10.3 Å². The van der Waals surface area contributed by atoms with Crippen LogP contribution in [0.2, 0.25) is 0 Å². The number of pyridine rings is 1. The number of aromatic nitrogens is 3. The van der Waals surface area contributed by atoms with Crippen molar-refractivity contribution in [2.45, 2.75) is 6.92 Å². The fourth-order valence-corrected chi connectivity index (χ4v) is 1.50. The number of rotatable bonds is 2. The molecule has 0 aliphatic heterocycles. The van der Waals surface area contributed by atoms with Gasteiger partial charge in [-0.25, -0.2) is 9.78 Å². The largest absolute Gasteiger partial charge is 0.323 e. The number of amides is 1. The van der Waals surface area contributed by atoms with Gasteiger partial charge in [-0.2, -0.15) is 0 Å². The Morgan fingerprint density at radius 2 is 2.29 bits per heavy atom. The van der Waals surface area contributed by atoms with Crippen LogP contribution in [0.25, 0.3) is 0 Å². The lowest BCUT2D eigenvalue weighted by Gasteiger charge is -2.04. The van der Waals surface area contributed by atoms with Crippen molar-refractivity contribution >= 4 is 27.5 Å². The van der Waals surface area contributed by atoms with Crippen molar-refractivity contribution in [2.24, 2.45) is 0 Å². The summed E-state index contributed by atoms with van der Waals surface area (Å²) in [5, 5.41) is 2.63. The Balaban J connectivity index is 2.18. The van der Waals surface area contributed by atoms with Gasteiger partial charge in [0.25, 0.3) is 5.91 Å². The zero-order valence-corrected chi connectivity index (χ0v) is 10.5.